The van der Waals surface area contributed by atoms with Crippen molar-refractivity contribution in [1.82, 2.24) is 4.98 Å². The van der Waals surface area contributed by atoms with Gasteiger partial charge in [0.25, 0.3) is 0 Å². The Hall–Kier alpha value is 0.720. The third-order valence-corrected chi connectivity index (χ3v) is 4.27. The number of aromatic nitrogens is 1. The molecule has 9 heteroatoms. The van der Waals surface area contributed by atoms with Gasteiger partial charge in [-0.25, -0.2) is 0 Å². The van der Waals surface area contributed by atoms with E-state index >= 15 is 0 Å². The fraction of sp³-hybridized carbons (Fsp3) is 0.286. The summed E-state index contributed by atoms with van der Waals surface area (Å²) >= 11 is 28.0. The zero-order valence-electron chi connectivity index (χ0n) is 7.92. The molecule has 1 heterocycles. The van der Waals surface area contributed by atoms with Crippen LogP contribution in [0.4, 0.5) is 0 Å². The molecule has 0 bridgehead atoms. The smallest absolute Gasteiger partial charge is 0.334 e. The van der Waals surface area contributed by atoms with Crippen LogP contribution in [0.25, 0.3) is 0 Å². The van der Waals surface area contributed by atoms with Gasteiger partial charge in [-0.2, -0.15) is 4.98 Å². The third-order valence-electron chi connectivity index (χ3n) is 1.33. The maximum atomic E-state index is 5.84. The molecule has 90 valence electrons. The highest BCUT2D eigenvalue weighted by Gasteiger charge is 2.20. The first-order chi connectivity index (χ1) is 7.35. The van der Waals surface area contributed by atoms with Crippen LogP contribution in [0.15, 0.2) is 6.07 Å². The molecular formula is C7H6Cl4NO2PS. The molecule has 1 unspecified atom stereocenters. The molecule has 1 atom stereocenters. The summed E-state index contributed by atoms with van der Waals surface area (Å²) in [6.07, 6.45) is 0. The number of halogens is 4. The van der Waals surface area contributed by atoms with E-state index in [1.165, 1.54) is 6.07 Å². The minimum Gasteiger partial charge on any atom is -0.413 e. The van der Waals surface area contributed by atoms with Crippen molar-refractivity contribution in [2.75, 3.05) is 6.61 Å². The lowest BCUT2D eigenvalue weighted by atomic mass is 10.5. The standard InChI is InChI=1S/C7H6Cl4NO2PS/c1-2-13-15(11,16)14-7-5(9)3-4(8)6(10)12-7/h3H,2H2,1H3. The molecule has 0 N–H and O–H groups in total. The predicted octanol–water partition coefficient (Wildman–Crippen LogP) is 4.92. The molecule has 0 spiro atoms. The maximum absolute atomic E-state index is 5.84. The van der Waals surface area contributed by atoms with Crippen LogP contribution < -0.4 is 4.52 Å². The highest BCUT2D eigenvalue weighted by atomic mass is 35.7. The number of pyridine rings is 1. The molecule has 0 aliphatic heterocycles. The Kier molecular flexibility index (Phi) is 5.59. The summed E-state index contributed by atoms with van der Waals surface area (Å²) in [5, 5.41) is 0.450. The molecule has 0 fully saturated rings. The normalized spacial score (nSPS) is 14.6. The first-order valence-electron chi connectivity index (χ1n) is 4.01. The molecule has 16 heavy (non-hydrogen) atoms. The second kappa shape index (κ2) is 6.05. The fourth-order valence-electron chi connectivity index (χ4n) is 0.776. The Morgan fingerprint density at radius 3 is 2.56 bits per heavy atom. The molecule has 0 aliphatic carbocycles. The van der Waals surface area contributed by atoms with Crippen LogP contribution in [0.5, 0.6) is 5.88 Å². The van der Waals surface area contributed by atoms with Crippen LogP contribution in [0.3, 0.4) is 0 Å². The second-order valence-electron chi connectivity index (χ2n) is 2.49. The minimum absolute atomic E-state index is 0.0165. The zero-order valence-corrected chi connectivity index (χ0v) is 12.7. The van der Waals surface area contributed by atoms with Crippen LogP contribution in [0, 0.1) is 0 Å². The van der Waals surface area contributed by atoms with Crippen molar-refractivity contribution in [2.24, 2.45) is 0 Å². The largest absolute Gasteiger partial charge is 0.413 e. The van der Waals surface area contributed by atoms with E-state index in [0.29, 0.717) is 6.61 Å². The fourth-order valence-corrected chi connectivity index (χ4v) is 3.08. The van der Waals surface area contributed by atoms with Gasteiger partial charge < -0.3 is 9.05 Å². The van der Waals surface area contributed by atoms with E-state index in [1.807, 2.05) is 0 Å². The molecule has 0 radical (unpaired) electrons. The van der Waals surface area contributed by atoms with Gasteiger partial charge in [-0.1, -0.05) is 34.8 Å². The van der Waals surface area contributed by atoms with Crippen molar-refractivity contribution >= 4 is 63.7 Å². The molecule has 1 rings (SSSR count). The molecule has 3 nitrogen and oxygen atoms in total. The number of rotatable bonds is 4. The van der Waals surface area contributed by atoms with Crippen molar-refractivity contribution in [3.05, 3.63) is 21.3 Å². The van der Waals surface area contributed by atoms with Crippen LogP contribution in [-0.2, 0) is 16.3 Å². The average Bonchev–Trinajstić information content (AvgIpc) is 2.13. The summed E-state index contributed by atoms with van der Waals surface area (Å²) in [6.45, 7) is 2.08. The lowest BCUT2D eigenvalue weighted by Gasteiger charge is -2.15. The minimum atomic E-state index is -2.92. The van der Waals surface area contributed by atoms with Crippen LogP contribution in [0.2, 0.25) is 15.2 Å². The first-order valence-corrected chi connectivity index (χ1v) is 8.69. The molecule has 0 aliphatic rings. The van der Waals surface area contributed by atoms with Gasteiger partial charge in [0.05, 0.1) is 11.6 Å². The Bertz CT molecular complexity index is 445. The van der Waals surface area contributed by atoms with Gasteiger partial charge in [0.1, 0.15) is 5.02 Å². The highest BCUT2D eigenvalue weighted by Crippen LogP contribution is 2.54. The topological polar surface area (TPSA) is 31.4 Å². The highest BCUT2D eigenvalue weighted by molar-refractivity contribution is 8.22. The molecular weight excluding hydrogens is 335 g/mol. The van der Waals surface area contributed by atoms with Crippen LogP contribution in [0.1, 0.15) is 6.92 Å². The molecule has 1 aromatic rings. The monoisotopic (exact) mass is 339 g/mol. The average molecular weight is 341 g/mol. The predicted molar refractivity (Wildman–Crippen MR) is 71.7 cm³/mol. The van der Waals surface area contributed by atoms with Crippen molar-refractivity contribution < 1.29 is 9.05 Å². The van der Waals surface area contributed by atoms with Gasteiger partial charge in [-0.15, -0.1) is 0 Å². The summed E-state index contributed by atoms with van der Waals surface area (Å²) in [5.74, 6) is -2.90. The molecule has 0 aromatic carbocycles. The van der Waals surface area contributed by atoms with Gasteiger partial charge >= 0.3 is 5.84 Å². The van der Waals surface area contributed by atoms with Crippen molar-refractivity contribution in [3.63, 3.8) is 0 Å². The number of hydrogen-bond donors (Lipinski definition) is 0. The summed E-state index contributed by atoms with van der Waals surface area (Å²) in [5.41, 5.74) is 0. The van der Waals surface area contributed by atoms with E-state index in [0.717, 1.165) is 0 Å². The lowest BCUT2D eigenvalue weighted by molar-refractivity contribution is 0.341. The van der Waals surface area contributed by atoms with Crippen LogP contribution >= 0.6 is 51.9 Å². The van der Waals surface area contributed by atoms with E-state index in [1.54, 1.807) is 6.92 Å². The van der Waals surface area contributed by atoms with E-state index in [-0.39, 0.29) is 21.1 Å². The van der Waals surface area contributed by atoms with E-state index in [4.69, 9.17) is 66.9 Å². The number of nitrogens with zero attached hydrogens (tertiary/aromatic N) is 1. The van der Waals surface area contributed by atoms with Crippen molar-refractivity contribution in [1.29, 1.82) is 0 Å². The van der Waals surface area contributed by atoms with Crippen LogP contribution in [-0.4, -0.2) is 11.6 Å². The van der Waals surface area contributed by atoms with E-state index < -0.39 is 5.84 Å². The van der Waals surface area contributed by atoms with Crippen molar-refractivity contribution in [2.45, 2.75) is 6.92 Å². The lowest BCUT2D eigenvalue weighted by Crippen LogP contribution is -1.95. The molecule has 1 aromatic heterocycles. The number of hydrogen-bond acceptors (Lipinski definition) is 4. The van der Waals surface area contributed by atoms with Gasteiger partial charge in [-0.05, 0) is 36.0 Å². The maximum Gasteiger partial charge on any atom is 0.334 e. The Balaban J connectivity index is 2.98. The second-order valence-corrected chi connectivity index (χ2v) is 8.34. The summed E-state index contributed by atoms with van der Waals surface area (Å²) in [6, 6.07) is 1.39. The Morgan fingerprint density at radius 2 is 2.00 bits per heavy atom. The summed E-state index contributed by atoms with van der Waals surface area (Å²) in [7, 11) is 0. The third kappa shape index (κ3) is 4.19. The van der Waals surface area contributed by atoms with Gasteiger partial charge in [0.15, 0.2) is 5.15 Å². The van der Waals surface area contributed by atoms with Gasteiger partial charge in [0.2, 0.25) is 5.88 Å². The quantitative estimate of drug-likeness (QED) is 0.575. The van der Waals surface area contributed by atoms with Crippen molar-refractivity contribution in [3.8, 4) is 5.88 Å². The van der Waals surface area contributed by atoms with Gasteiger partial charge in [0, 0.05) is 0 Å². The molecule has 0 amide bonds. The SMILES string of the molecule is CCOP(=S)(Cl)Oc1nc(Cl)c(Cl)cc1Cl. The molecule has 0 saturated carbocycles. The van der Waals surface area contributed by atoms with E-state index in [9.17, 15) is 0 Å². The summed E-state index contributed by atoms with van der Waals surface area (Å²) < 4.78 is 10.2. The molecule has 0 saturated heterocycles. The first kappa shape index (κ1) is 14.8. The Morgan fingerprint density at radius 1 is 1.38 bits per heavy atom. The van der Waals surface area contributed by atoms with E-state index in [2.05, 4.69) is 4.98 Å². The summed E-state index contributed by atoms with van der Waals surface area (Å²) in [4.78, 5) is 3.82. The Labute approximate surface area is 118 Å². The van der Waals surface area contributed by atoms with Gasteiger partial charge in [-0.3, -0.25) is 0 Å². The zero-order chi connectivity index (χ0) is 12.3.